The number of piperidine rings is 1. The Morgan fingerprint density at radius 2 is 1.96 bits per heavy atom. The first-order chi connectivity index (χ1) is 12.8. The quantitative estimate of drug-likeness (QED) is 0.850. The second-order valence-corrected chi connectivity index (χ2v) is 8.97. The number of benzene rings is 1. The molecular weight excluding hydrogens is 338 g/mol. The number of carbonyl (C=O) groups is 1. The van der Waals surface area contributed by atoms with Crippen LogP contribution in [-0.4, -0.2) is 46.3 Å². The second kappa shape index (κ2) is 6.34. The maximum atomic E-state index is 12.1. The Bertz CT molecular complexity index is 846. The topological polar surface area (TPSA) is 65.5 Å². The Hall–Kier alpha value is -2.40. The molecule has 0 spiro atoms. The molecule has 3 heterocycles. The maximum absolute atomic E-state index is 12.1. The molecule has 2 N–H and O–H groups in total. The average Bonchev–Trinajstić information content (AvgIpc) is 2.98. The van der Waals surface area contributed by atoms with E-state index in [-0.39, 0.29) is 22.9 Å². The summed E-state index contributed by atoms with van der Waals surface area (Å²) in [5.74, 6) is 0. The maximum Gasteiger partial charge on any atom is 0.407 e. The number of hydrogen-bond donors (Lipinski definition) is 2. The summed E-state index contributed by atoms with van der Waals surface area (Å²) in [5.41, 5.74) is 2.88. The summed E-state index contributed by atoms with van der Waals surface area (Å²) >= 11 is 0. The summed E-state index contributed by atoms with van der Waals surface area (Å²) in [4.78, 5) is 18.3. The summed E-state index contributed by atoms with van der Waals surface area (Å²) in [6.45, 7) is 7.75. The molecule has 4 rings (SSSR count). The second-order valence-electron chi connectivity index (χ2n) is 8.97. The van der Waals surface area contributed by atoms with Crippen LogP contribution in [0.1, 0.15) is 32.8 Å². The zero-order chi connectivity index (χ0) is 19.2. The van der Waals surface area contributed by atoms with Crippen LogP contribution in [-0.2, 0) is 5.41 Å². The van der Waals surface area contributed by atoms with Gasteiger partial charge in [0.05, 0.1) is 6.04 Å². The van der Waals surface area contributed by atoms with Crippen LogP contribution in [0.2, 0.25) is 0 Å². The molecule has 1 aromatic carbocycles. The third-order valence-electron chi connectivity index (χ3n) is 6.06. The number of nitrogens with one attached hydrogen (secondary N) is 1. The molecule has 3 unspecified atom stereocenters. The lowest BCUT2D eigenvalue weighted by Crippen LogP contribution is -2.62. The largest absolute Gasteiger partial charge is 0.465 e. The van der Waals surface area contributed by atoms with Gasteiger partial charge in [-0.15, -0.1) is 0 Å². The number of carboxylic acid groups (broad SMARTS) is 1. The standard InChI is InChI=1S/C22H27N3O2/c1-21(2,3)19-22(10-18(24-14-22)13-25(19)20(26)27)17-9-16(11-23-12-17)15-7-5-4-6-8-15/h4-9,11-12,18-19,24H,10,13-14H2,1-3H3,(H,26,27). The minimum atomic E-state index is -0.833. The Labute approximate surface area is 160 Å². The first kappa shape index (κ1) is 18.0. The van der Waals surface area contributed by atoms with E-state index < -0.39 is 6.09 Å². The highest BCUT2D eigenvalue weighted by molar-refractivity contribution is 5.67. The van der Waals surface area contributed by atoms with Gasteiger partial charge in [-0.2, -0.15) is 0 Å². The Morgan fingerprint density at radius 3 is 2.63 bits per heavy atom. The third-order valence-corrected chi connectivity index (χ3v) is 6.06. The highest BCUT2D eigenvalue weighted by Gasteiger charge is 2.58. The smallest absolute Gasteiger partial charge is 0.407 e. The molecule has 1 aromatic heterocycles. The van der Waals surface area contributed by atoms with Gasteiger partial charge < -0.3 is 15.3 Å². The zero-order valence-electron chi connectivity index (χ0n) is 16.1. The third kappa shape index (κ3) is 3.00. The number of hydrogen-bond acceptors (Lipinski definition) is 3. The van der Waals surface area contributed by atoms with Crippen LogP contribution in [0.5, 0.6) is 0 Å². The Balaban J connectivity index is 1.84. The minimum Gasteiger partial charge on any atom is -0.465 e. The number of likely N-dealkylation sites (tertiary alicyclic amines) is 1. The number of fused-ring (bicyclic) bond motifs is 2. The Kier molecular flexibility index (Phi) is 4.22. The fourth-order valence-corrected chi connectivity index (χ4v) is 5.25. The normalized spacial score (nSPS) is 27.6. The van der Waals surface area contributed by atoms with Gasteiger partial charge in [0.15, 0.2) is 0 Å². The molecule has 2 saturated heterocycles. The van der Waals surface area contributed by atoms with E-state index in [0.29, 0.717) is 6.54 Å². The van der Waals surface area contributed by atoms with Gasteiger partial charge in [0.25, 0.3) is 0 Å². The van der Waals surface area contributed by atoms with Crippen LogP contribution in [0.25, 0.3) is 11.1 Å². The molecule has 5 nitrogen and oxygen atoms in total. The predicted molar refractivity (Wildman–Crippen MR) is 106 cm³/mol. The molecule has 0 radical (unpaired) electrons. The van der Waals surface area contributed by atoms with Gasteiger partial charge >= 0.3 is 6.09 Å². The van der Waals surface area contributed by atoms with Crippen molar-refractivity contribution in [2.75, 3.05) is 13.1 Å². The molecule has 2 aromatic rings. The van der Waals surface area contributed by atoms with Crippen molar-refractivity contribution in [3.05, 3.63) is 54.4 Å². The van der Waals surface area contributed by atoms with Crippen molar-refractivity contribution >= 4 is 6.09 Å². The van der Waals surface area contributed by atoms with E-state index in [1.807, 2.05) is 30.6 Å². The van der Waals surface area contributed by atoms with E-state index in [0.717, 1.165) is 29.7 Å². The van der Waals surface area contributed by atoms with Gasteiger partial charge in [-0.05, 0) is 29.0 Å². The molecule has 0 saturated carbocycles. The van der Waals surface area contributed by atoms with Gasteiger partial charge in [0, 0.05) is 42.5 Å². The fraction of sp³-hybridized carbons (Fsp3) is 0.455. The monoisotopic (exact) mass is 365 g/mol. The summed E-state index contributed by atoms with van der Waals surface area (Å²) in [7, 11) is 0. The van der Waals surface area contributed by atoms with Crippen molar-refractivity contribution in [1.29, 1.82) is 0 Å². The summed E-state index contributed by atoms with van der Waals surface area (Å²) < 4.78 is 0. The van der Waals surface area contributed by atoms with E-state index in [4.69, 9.17) is 0 Å². The van der Waals surface area contributed by atoms with Crippen molar-refractivity contribution in [1.82, 2.24) is 15.2 Å². The van der Waals surface area contributed by atoms with Gasteiger partial charge in [-0.3, -0.25) is 4.98 Å². The van der Waals surface area contributed by atoms with Crippen molar-refractivity contribution in [3.8, 4) is 11.1 Å². The molecule has 1 amide bonds. The molecule has 3 atom stereocenters. The summed E-state index contributed by atoms with van der Waals surface area (Å²) in [6, 6.07) is 12.5. The molecular formula is C22H27N3O2. The highest BCUT2D eigenvalue weighted by Crippen LogP contribution is 2.49. The first-order valence-corrected chi connectivity index (χ1v) is 9.55. The molecule has 2 bridgehead atoms. The fourth-order valence-electron chi connectivity index (χ4n) is 5.25. The first-order valence-electron chi connectivity index (χ1n) is 9.55. The van der Waals surface area contributed by atoms with Crippen molar-refractivity contribution in [2.45, 2.75) is 44.7 Å². The van der Waals surface area contributed by atoms with Crippen molar-refractivity contribution in [3.63, 3.8) is 0 Å². The number of rotatable bonds is 2. The van der Waals surface area contributed by atoms with E-state index >= 15 is 0 Å². The predicted octanol–water partition coefficient (Wildman–Crippen LogP) is 3.76. The van der Waals surface area contributed by atoms with Crippen LogP contribution in [0, 0.1) is 5.41 Å². The number of nitrogens with zero attached hydrogens (tertiary/aromatic N) is 2. The molecule has 2 aliphatic heterocycles. The molecule has 2 aliphatic rings. The minimum absolute atomic E-state index is 0.110. The molecule has 2 fully saturated rings. The van der Waals surface area contributed by atoms with Crippen LogP contribution < -0.4 is 5.32 Å². The van der Waals surface area contributed by atoms with Crippen LogP contribution in [0.3, 0.4) is 0 Å². The van der Waals surface area contributed by atoms with E-state index in [2.05, 4.69) is 49.3 Å². The lowest BCUT2D eigenvalue weighted by Gasteiger charge is -2.52. The average molecular weight is 365 g/mol. The Morgan fingerprint density at radius 1 is 1.22 bits per heavy atom. The van der Waals surface area contributed by atoms with Gasteiger partial charge in [-0.1, -0.05) is 51.1 Å². The molecule has 0 aliphatic carbocycles. The van der Waals surface area contributed by atoms with Crippen LogP contribution >= 0.6 is 0 Å². The van der Waals surface area contributed by atoms with Crippen LogP contribution in [0.4, 0.5) is 4.79 Å². The number of pyridine rings is 1. The highest BCUT2D eigenvalue weighted by atomic mass is 16.4. The molecule has 142 valence electrons. The van der Waals surface area contributed by atoms with Gasteiger partial charge in [-0.25, -0.2) is 4.79 Å². The van der Waals surface area contributed by atoms with Crippen molar-refractivity contribution in [2.24, 2.45) is 5.41 Å². The van der Waals surface area contributed by atoms with Gasteiger partial charge in [0.2, 0.25) is 0 Å². The summed E-state index contributed by atoms with van der Waals surface area (Å²) in [5, 5.41) is 13.5. The molecule has 27 heavy (non-hydrogen) atoms. The number of aromatic nitrogens is 1. The number of amides is 1. The zero-order valence-corrected chi connectivity index (χ0v) is 16.1. The van der Waals surface area contributed by atoms with Crippen LogP contribution in [0.15, 0.2) is 48.8 Å². The van der Waals surface area contributed by atoms with Crippen molar-refractivity contribution < 1.29 is 9.90 Å². The van der Waals surface area contributed by atoms with E-state index in [1.54, 1.807) is 4.90 Å². The van der Waals surface area contributed by atoms with E-state index in [1.165, 1.54) is 0 Å². The van der Waals surface area contributed by atoms with E-state index in [9.17, 15) is 9.90 Å². The summed E-state index contributed by atoms with van der Waals surface area (Å²) in [6.07, 6.45) is 3.93. The van der Waals surface area contributed by atoms with Gasteiger partial charge in [0.1, 0.15) is 0 Å². The SMILES string of the molecule is CC(C)(C)C1N(C(=O)O)CC2CC1(c1cncc(-c3ccccc3)c1)CN2. The molecule has 5 heteroatoms. The lowest BCUT2D eigenvalue weighted by molar-refractivity contribution is 0.0197. The lowest BCUT2D eigenvalue weighted by atomic mass is 9.62.